The Kier molecular flexibility index (Phi) is 29.5. The monoisotopic (exact) mass is 1840 g/mol. The largest absolute Gasteiger partial charge is 0.459 e. The van der Waals surface area contributed by atoms with E-state index >= 15 is 0 Å². The number of ether oxygens (including phenoxy) is 5. The van der Waals surface area contributed by atoms with Crippen molar-refractivity contribution in [3.8, 4) is 11.3 Å². The SMILES string of the molecule is CO[C@H]1C[C@@H]2CC[C@@H](C)[C@@](O)(O2)C(=O)C(=O)N2CCCC[C@H]2C(=O)O[C@H]([C@H](N)C[C@@H]2CC[C@@H](OC(=O)N3CCc4nc(N5CCN(c6ncc(C(=O)N7CCN(c8ncc(C(=O)N9CCc%10cc(Cn%11nc(-c%12cnc%13[nH]ccc%13c%12)c%12c(N)ncnc%12%11)ccc%10C9)cn8)CC7)cn6)CC5)ncc4C3)[C@H](OC)C2)CC(=O)[C@H](C)/C=C(\C)[C@@H](O)[C@@H](O)C(=O)[C@H](C)C[C@H](C)/C=C/C=CC=C1C. The number of methoxy groups -OCH3 is 2. The van der Waals surface area contributed by atoms with Crippen LogP contribution in [0.15, 0.2) is 128 Å². The number of pyridine rings is 1. The first kappa shape index (κ1) is 94.9. The Morgan fingerprint density at radius 2 is 1.36 bits per heavy atom. The first-order chi connectivity index (χ1) is 64.6. The summed E-state index contributed by atoms with van der Waals surface area (Å²) in [5.74, 6) is -7.83. The van der Waals surface area contributed by atoms with Crippen LogP contribution in [0.1, 0.15) is 167 Å². The molecule has 0 radical (unpaired) electrons. The number of piperidine rings is 1. The summed E-state index contributed by atoms with van der Waals surface area (Å²) >= 11 is 0. The second-order valence-corrected chi connectivity index (χ2v) is 37.2. The van der Waals surface area contributed by atoms with Gasteiger partial charge in [-0.15, -0.1) is 0 Å². The van der Waals surface area contributed by atoms with E-state index in [4.69, 9.17) is 50.2 Å². The van der Waals surface area contributed by atoms with Gasteiger partial charge in [0.25, 0.3) is 23.5 Å². The highest BCUT2D eigenvalue weighted by molar-refractivity contribution is 6.39. The van der Waals surface area contributed by atoms with Gasteiger partial charge in [0.1, 0.15) is 59.7 Å². The predicted octanol–water partition coefficient (Wildman–Crippen LogP) is 7.59. The fourth-order valence-electron chi connectivity index (χ4n) is 19.8. The van der Waals surface area contributed by atoms with E-state index in [0.29, 0.717) is 194 Å². The molecule has 0 unspecified atom stereocenters. The molecule has 1 saturated carbocycles. The average molecular weight is 1840 g/mol. The minimum atomic E-state index is -2.52. The van der Waals surface area contributed by atoms with Crippen LogP contribution in [0.4, 0.5) is 28.5 Å². The van der Waals surface area contributed by atoms with Gasteiger partial charge in [-0.1, -0.05) is 82.4 Å². The predicted molar refractivity (Wildman–Crippen MR) is 495 cm³/mol. The molecule has 37 nitrogen and oxygen atoms in total. The second kappa shape index (κ2) is 41.7. The Labute approximate surface area is 777 Å². The van der Waals surface area contributed by atoms with Gasteiger partial charge in [0, 0.05) is 196 Å². The zero-order valence-electron chi connectivity index (χ0n) is 77.2. The van der Waals surface area contributed by atoms with Gasteiger partial charge in [-0.2, -0.15) is 5.10 Å². The standard InChI is InChI=1S/C97H121N21O16/c1-56-14-10-9-11-15-57(2)77(130-7)44-71-21-17-61(6)97(129,134-71)85(123)91(126)117-27-13-12-16-74(117)92(127)132-78(45-75(119)58(3)39-60(5)83(121)84(122)82(120)59(4)38-56)72(98)41-62-19-22-76(79(42-62)131-8)133-96(128)116-29-25-73-70(54-116)51-106-95(109-73)114-36-34-113(35-37-114)94-102-47-68(48-103-94)89(124)111-30-32-112(33-31-111)93-104-49-69(50-105-93)90(125)115-28-24-64-40-63(18-20-66(64)53-115)52-118-88-80(86(99)107-55-108-88)81(110-118)67-43-65-23-26-100-87(65)101-46-67/h9-11,14-15,18,20,23,26,39-40,43,46-51,55-56,58-59,61-62,71-72,74,76-79,83-84,121-122,129H,12-13,16-17,19,21-22,24-25,27-38,41-42,44-45,52-54,98H2,1-8H3,(H,100,101)(H2,99,107,108)/b11-9?,14-10+,57-15?,60-39+/t56-,58-,59-,61-,62+,71+,72-,74+,76-,77+,78+,79-,83-,84+,97-/m1/s1. The first-order valence-corrected chi connectivity index (χ1v) is 46.8. The molecule has 1 aliphatic carbocycles. The van der Waals surface area contributed by atoms with Crippen LogP contribution in [0.3, 0.4) is 0 Å². The Bertz CT molecular complexity index is 5770. The van der Waals surface area contributed by atoms with E-state index in [1.807, 2.05) is 77.0 Å². The first-order valence-electron chi connectivity index (χ1n) is 46.8. The molecule has 5 fully saturated rings. The third-order valence-electron chi connectivity index (χ3n) is 28.0. The highest BCUT2D eigenvalue weighted by atomic mass is 16.6. The number of fused-ring (bicyclic) bond motifs is 7. The summed E-state index contributed by atoms with van der Waals surface area (Å²) < 4.78 is 32.5. The Morgan fingerprint density at radius 3 is 2.08 bits per heavy atom. The van der Waals surface area contributed by atoms with E-state index in [0.717, 1.165) is 55.0 Å². The number of nitrogens with two attached hydrogens (primary N) is 2. The van der Waals surface area contributed by atoms with E-state index in [1.54, 1.807) is 82.0 Å². The third-order valence-corrected chi connectivity index (χ3v) is 28.0. The van der Waals surface area contributed by atoms with Gasteiger partial charge in [-0.05, 0) is 136 Å². The summed E-state index contributed by atoms with van der Waals surface area (Å²) in [6, 6.07) is 7.99. The number of aliphatic hydroxyl groups is 3. The number of piperazine rings is 2. The lowest BCUT2D eigenvalue weighted by molar-refractivity contribution is -0.265. The molecule has 14 heterocycles. The number of aromatic amines is 1. The number of aliphatic hydroxyl groups excluding tert-OH is 2. The summed E-state index contributed by atoms with van der Waals surface area (Å²) in [5, 5.41) is 41.4. The Balaban J connectivity index is 0.485. The van der Waals surface area contributed by atoms with E-state index < -0.39 is 120 Å². The van der Waals surface area contributed by atoms with Crippen LogP contribution < -0.4 is 26.2 Å². The zero-order valence-corrected chi connectivity index (χ0v) is 77.2. The molecule has 37 heteroatoms. The normalized spacial score (nSPS) is 27.4. The number of rotatable bonds is 14. The number of H-pyrrole nitrogens is 1. The molecule has 4 amide bonds. The van der Waals surface area contributed by atoms with Crippen LogP contribution in [-0.4, -0.2) is 288 Å². The maximum absolute atomic E-state index is 14.8. The summed E-state index contributed by atoms with van der Waals surface area (Å²) in [6.07, 6.45) is 21.0. The lowest BCUT2D eigenvalue weighted by Gasteiger charge is -2.42. The molecule has 8 aliphatic rings. The number of hydrogen-bond acceptors (Lipinski definition) is 31. The van der Waals surface area contributed by atoms with Crippen molar-refractivity contribution in [3.05, 3.63) is 167 Å². The molecule has 7 aliphatic heterocycles. The molecule has 710 valence electrons. The van der Waals surface area contributed by atoms with Gasteiger partial charge in [-0.3, -0.25) is 28.8 Å². The minimum absolute atomic E-state index is 0.00767. The van der Waals surface area contributed by atoms with Gasteiger partial charge in [0.15, 0.2) is 11.4 Å². The number of aromatic nitrogens is 12. The van der Waals surface area contributed by atoms with Crippen molar-refractivity contribution in [2.24, 2.45) is 35.3 Å². The number of anilines is 4. The Hall–Kier alpha value is -12.3. The van der Waals surface area contributed by atoms with Crippen LogP contribution in [0.5, 0.6) is 0 Å². The van der Waals surface area contributed by atoms with E-state index in [9.17, 15) is 53.7 Å². The van der Waals surface area contributed by atoms with Gasteiger partial charge in [0.05, 0.1) is 53.6 Å². The number of allylic oxidation sites excluding steroid dienone is 6. The van der Waals surface area contributed by atoms with Crippen molar-refractivity contribution in [2.75, 3.05) is 107 Å². The van der Waals surface area contributed by atoms with E-state index in [-0.39, 0.29) is 61.6 Å². The number of cyclic esters (lactones) is 1. The third kappa shape index (κ3) is 21.1. The number of nitrogen functional groups attached to an aromatic ring is 1. The second-order valence-electron chi connectivity index (χ2n) is 37.2. The topological polar surface area (TPSA) is 468 Å². The van der Waals surface area contributed by atoms with Crippen LogP contribution in [0, 0.1) is 29.6 Å². The molecule has 0 spiro atoms. The summed E-state index contributed by atoms with van der Waals surface area (Å²) in [5.41, 5.74) is 23.0. The fraction of sp³-hybridized carbons (Fsp3) is 0.526. The van der Waals surface area contributed by atoms with Crippen LogP contribution in [0.25, 0.3) is 33.3 Å². The molecular formula is C97H121N21O16. The van der Waals surface area contributed by atoms with Crippen molar-refractivity contribution in [3.63, 3.8) is 0 Å². The summed E-state index contributed by atoms with van der Waals surface area (Å²) in [4.78, 5) is 171. The maximum atomic E-state index is 14.8. The Morgan fingerprint density at radius 1 is 0.664 bits per heavy atom. The maximum Gasteiger partial charge on any atom is 0.410 e. The number of benzene rings is 1. The number of Topliss-reactive ketones (excluding diaryl/α,β-unsaturated/α-hetero) is 3. The number of esters is 1. The minimum Gasteiger partial charge on any atom is -0.459 e. The summed E-state index contributed by atoms with van der Waals surface area (Å²) in [6.45, 7) is 16.3. The van der Waals surface area contributed by atoms with Crippen molar-refractivity contribution in [1.82, 2.24) is 79.2 Å². The molecule has 134 heavy (non-hydrogen) atoms. The fourth-order valence-corrected chi connectivity index (χ4v) is 19.8. The van der Waals surface area contributed by atoms with Crippen molar-refractivity contribution in [2.45, 2.75) is 212 Å². The number of hydrogen-bond donors (Lipinski definition) is 6. The number of ketones is 3. The molecule has 7 aromatic heterocycles. The molecule has 8 N–H and O–H groups in total. The summed E-state index contributed by atoms with van der Waals surface area (Å²) in [7, 11) is 3.09. The van der Waals surface area contributed by atoms with Gasteiger partial charge in [-0.25, -0.2) is 59.1 Å². The molecule has 8 aromatic rings. The van der Waals surface area contributed by atoms with Gasteiger partial charge in [0.2, 0.25) is 23.6 Å². The van der Waals surface area contributed by atoms with Crippen molar-refractivity contribution >= 4 is 92.9 Å². The zero-order chi connectivity index (χ0) is 94.3. The smallest absolute Gasteiger partial charge is 0.410 e. The number of amides is 4. The van der Waals surface area contributed by atoms with E-state index in [2.05, 4.69) is 67.9 Å². The lowest BCUT2D eigenvalue weighted by Crippen LogP contribution is -2.61. The van der Waals surface area contributed by atoms with Crippen molar-refractivity contribution < 1.29 is 77.4 Å². The highest BCUT2D eigenvalue weighted by Gasteiger charge is 2.54. The molecule has 15 atom stereocenters. The average Bonchev–Trinajstić information content (AvgIpc) is 1.55. The van der Waals surface area contributed by atoms with Crippen LogP contribution >= 0.6 is 0 Å². The number of nitrogens with zero attached hydrogens (tertiary/aromatic N) is 18. The number of carbonyl (C=O) groups excluding carboxylic acids is 8. The van der Waals surface area contributed by atoms with Crippen molar-refractivity contribution in [1.29, 1.82) is 0 Å². The van der Waals surface area contributed by atoms with Crippen LogP contribution in [-0.2, 0) is 80.1 Å². The molecule has 16 rings (SSSR count). The van der Waals surface area contributed by atoms with Gasteiger partial charge >= 0.3 is 12.1 Å². The quantitative estimate of drug-likeness (QED) is 0.0347. The molecule has 2 bridgehead atoms. The number of carbonyl (C=O) groups is 8. The lowest BCUT2D eigenvalue weighted by atomic mass is 9.80. The highest BCUT2D eigenvalue weighted by Crippen LogP contribution is 2.40. The van der Waals surface area contributed by atoms with E-state index in [1.165, 1.54) is 19.3 Å². The molecule has 1 aromatic carbocycles. The number of nitrogens with one attached hydrogen (secondary N) is 1. The van der Waals surface area contributed by atoms with Gasteiger partial charge < -0.3 is 89.8 Å². The molecular weight excluding hydrogens is 1720 g/mol. The van der Waals surface area contributed by atoms with Crippen LogP contribution in [0.2, 0.25) is 0 Å². The molecule has 4 saturated heterocycles.